The number of hydrogen-bond donors (Lipinski definition) is 0. The maximum absolute atomic E-state index is 6.04. The summed E-state index contributed by atoms with van der Waals surface area (Å²) < 4.78 is 0. The minimum Gasteiger partial charge on any atom is -0.261 e. The molecule has 0 N–H and O–H groups in total. The molecule has 0 aromatic heterocycles. The lowest BCUT2D eigenvalue weighted by Crippen LogP contribution is -1.89. The van der Waals surface area contributed by atoms with E-state index in [0.29, 0.717) is 0 Å². The summed E-state index contributed by atoms with van der Waals surface area (Å²) >= 11 is 6.04. The van der Waals surface area contributed by atoms with Crippen molar-refractivity contribution in [2.24, 2.45) is 4.99 Å². The fourth-order valence-electron chi connectivity index (χ4n) is 1.36. The van der Waals surface area contributed by atoms with Crippen molar-refractivity contribution in [3.8, 4) is 0 Å². The van der Waals surface area contributed by atoms with Gasteiger partial charge in [0.05, 0.1) is 5.70 Å². The first-order valence-electron chi connectivity index (χ1n) is 4.35. The van der Waals surface area contributed by atoms with Crippen molar-refractivity contribution in [1.82, 2.24) is 0 Å². The van der Waals surface area contributed by atoms with E-state index >= 15 is 0 Å². The Morgan fingerprint density at radius 1 is 1.15 bits per heavy atom. The zero-order valence-electron chi connectivity index (χ0n) is 7.20. The molecule has 0 saturated heterocycles. The van der Waals surface area contributed by atoms with Crippen molar-refractivity contribution < 1.29 is 0 Å². The van der Waals surface area contributed by atoms with Crippen LogP contribution in [-0.4, -0.2) is 6.21 Å². The van der Waals surface area contributed by atoms with E-state index in [1.165, 1.54) is 0 Å². The summed E-state index contributed by atoms with van der Waals surface area (Å²) in [7, 11) is 0. The molecule has 1 aliphatic rings. The van der Waals surface area contributed by atoms with E-state index < -0.39 is 0 Å². The van der Waals surface area contributed by atoms with E-state index in [1.54, 1.807) is 0 Å². The van der Waals surface area contributed by atoms with Gasteiger partial charge in [0.1, 0.15) is 0 Å². The summed E-state index contributed by atoms with van der Waals surface area (Å²) in [6.45, 7) is 0. The van der Waals surface area contributed by atoms with E-state index in [1.807, 2.05) is 30.5 Å². The van der Waals surface area contributed by atoms with E-state index in [9.17, 15) is 0 Å². The van der Waals surface area contributed by atoms with Crippen molar-refractivity contribution in [3.63, 3.8) is 0 Å². The summed E-state index contributed by atoms with van der Waals surface area (Å²) in [5.74, 6) is 0. The van der Waals surface area contributed by atoms with Gasteiger partial charge in [-0.2, -0.15) is 0 Å². The monoisotopic (exact) mass is 191 g/mol. The van der Waals surface area contributed by atoms with Crippen LogP contribution < -0.4 is 0 Å². The molecule has 0 amide bonds. The molecule has 0 bridgehead atoms. The molecule has 2 heteroatoms. The van der Waals surface area contributed by atoms with Crippen LogP contribution in [0.3, 0.4) is 0 Å². The van der Waals surface area contributed by atoms with Crippen molar-refractivity contribution in [2.45, 2.75) is 12.8 Å². The van der Waals surface area contributed by atoms with Crippen LogP contribution in [0.5, 0.6) is 0 Å². The third-order valence-electron chi connectivity index (χ3n) is 2.01. The highest BCUT2D eigenvalue weighted by atomic mass is 35.5. The number of allylic oxidation sites excluding steroid dienone is 1. The first kappa shape index (κ1) is 8.52. The summed E-state index contributed by atoms with van der Waals surface area (Å²) in [6.07, 6.45) is 6.16. The Kier molecular flexibility index (Phi) is 2.46. The highest BCUT2D eigenvalue weighted by Crippen LogP contribution is 2.26. The largest absolute Gasteiger partial charge is 0.261 e. The molecule has 1 aromatic rings. The van der Waals surface area contributed by atoms with Crippen LogP contribution in [0.15, 0.2) is 35.3 Å². The molecule has 0 saturated carbocycles. The zero-order chi connectivity index (χ0) is 9.10. The van der Waals surface area contributed by atoms with Gasteiger partial charge in [-0.05, 0) is 18.9 Å². The lowest BCUT2D eigenvalue weighted by atomic mass is 10.1. The molecule has 1 nitrogen and oxygen atoms in total. The second kappa shape index (κ2) is 3.75. The van der Waals surface area contributed by atoms with Crippen LogP contribution in [0, 0.1) is 0 Å². The predicted molar refractivity (Wildman–Crippen MR) is 57.2 cm³/mol. The Labute approximate surface area is 82.8 Å². The van der Waals surface area contributed by atoms with E-state index in [4.69, 9.17) is 11.6 Å². The fraction of sp³-hybridized carbons (Fsp3) is 0.182. The van der Waals surface area contributed by atoms with Crippen LogP contribution in [0.1, 0.15) is 18.4 Å². The molecule has 0 unspecified atom stereocenters. The van der Waals surface area contributed by atoms with Gasteiger partial charge < -0.3 is 0 Å². The third kappa shape index (κ3) is 1.81. The molecule has 1 aliphatic heterocycles. The summed E-state index contributed by atoms with van der Waals surface area (Å²) in [5.41, 5.74) is 2.02. The Morgan fingerprint density at radius 2 is 2.00 bits per heavy atom. The van der Waals surface area contributed by atoms with Crippen LogP contribution in [0.2, 0.25) is 5.02 Å². The topological polar surface area (TPSA) is 12.4 Å². The Hall–Kier alpha value is -1.08. The average Bonchev–Trinajstić information content (AvgIpc) is 2.20. The Bertz CT molecular complexity index is 366. The van der Waals surface area contributed by atoms with Gasteiger partial charge in [-0.3, -0.25) is 4.99 Å². The first-order valence-corrected chi connectivity index (χ1v) is 4.73. The van der Waals surface area contributed by atoms with Gasteiger partial charge in [-0.25, -0.2) is 0 Å². The third-order valence-corrected chi connectivity index (χ3v) is 2.34. The van der Waals surface area contributed by atoms with Crippen LogP contribution in [-0.2, 0) is 0 Å². The average molecular weight is 192 g/mol. The maximum Gasteiger partial charge on any atom is 0.0673 e. The second-order valence-corrected chi connectivity index (χ2v) is 3.37. The molecule has 0 spiro atoms. The number of benzene rings is 1. The molecule has 0 fully saturated rings. The molecule has 1 heterocycles. The van der Waals surface area contributed by atoms with E-state index in [2.05, 4.69) is 11.1 Å². The van der Waals surface area contributed by atoms with Gasteiger partial charge >= 0.3 is 0 Å². The molecule has 1 aromatic carbocycles. The standard InChI is InChI=1S/C11H10ClN/c12-10-6-2-1-5-9(10)11-7-3-4-8-13-11/h1-2,5-8H,3-4H2. The molecular formula is C11H10ClN. The SMILES string of the molecule is Clc1ccccc1C1=CCCC=N1. The summed E-state index contributed by atoms with van der Waals surface area (Å²) in [4.78, 5) is 4.31. The maximum atomic E-state index is 6.04. The molecular weight excluding hydrogens is 182 g/mol. The zero-order valence-corrected chi connectivity index (χ0v) is 7.96. The fourth-order valence-corrected chi connectivity index (χ4v) is 1.59. The number of rotatable bonds is 1. The number of halogens is 1. The van der Waals surface area contributed by atoms with Gasteiger partial charge in [-0.1, -0.05) is 35.9 Å². The van der Waals surface area contributed by atoms with Crippen LogP contribution in [0.25, 0.3) is 5.70 Å². The quantitative estimate of drug-likeness (QED) is 0.644. The molecule has 2 rings (SSSR count). The summed E-state index contributed by atoms with van der Waals surface area (Å²) in [5, 5.41) is 0.771. The number of aliphatic imine (C=N–C) groups is 1. The van der Waals surface area contributed by atoms with Crippen LogP contribution in [0.4, 0.5) is 0 Å². The van der Waals surface area contributed by atoms with Crippen LogP contribution >= 0.6 is 11.6 Å². The Morgan fingerprint density at radius 3 is 2.69 bits per heavy atom. The lowest BCUT2D eigenvalue weighted by Gasteiger charge is -2.07. The molecule has 0 aliphatic carbocycles. The van der Waals surface area contributed by atoms with E-state index in [0.717, 1.165) is 29.1 Å². The van der Waals surface area contributed by atoms with Gasteiger partial charge in [0.2, 0.25) is 0 Å². The lowest BCUT2D eigenvalue weighted by molar-refractivity contribution is 1.09. The molecule has 13 heavy (non-hydrogen) atoms. The highest BCUT2D eigenvalue weighted by molar-refractivity contribution is 6.32. The minimum absolute atomic E-state index is 0.771. The molecule has 0 radical (unpaired) electrons. The van der Waals surface area contributed by atoms with Gasteiger partial charge in [0.15, 0.2) is 0 Å². The van der Waals surface area contributed by atoms with E-state index in [-0.39, 0.29) is 0 Å². The molecule has 66 valence electrons. The van der Waals surface area contributed by atoms with Gasteiger partial charge in [-0.15, -0.1) is 0 Å². The molecule has 0 atom stereocenters. The number of hydrogen-bond acceptors (Lipinski definition) is 1. The smallest absolute Gasteiger partial charge is 0.0673 e. The predicted octanol–water partition coefficient (Wildman–Crippen LogP) is 3.55. The number of nitrogens with zero attached hydrogens (tertiary/aromatic N) is 1. The normalized spacial score (nSPS) is 15.6. The van der Waals surface area contributed by atoms with Crippen molar-refractivity contribution in [2.75, 3.05) is 0 Å². The highest BCUT2D eigenvalue weighted by Gasteiger charge is 2.05. The van der Waals surface area contributed by atoms with Gasteiger partial charge in [0.25, 0.3) is 0 Å². The summed E-state index contributed by atoms with van der Waals surface area (Å²) in [6, 6.07) is 7.80. The van der Waals surface area contributed by atoms with Crippen molar-refractivity contribution >= 4 is 23.5 Å². The van der Waals surface area contributed by atoms with Crippen molar-refractivity contribution in [3.05, 3.63) is 40.9 Å². The minimum atomic E-state index is 0.771. The second-order valence-electron chi connectivity index (χ2n) is 2.96. The van der Waals surface area contributed by atoms with Gasteiger partial charge in [0, 0.05) is 16.8 Å². The van der Waals surface area contributed by atoms with Crippen molar-refractivity contribution in [1.29, 1.82) is 0 Å². The first-order chi connectivity index (χ1) is 6.38. The Balaban J connectivity index is 2.40.